The Labute approximate surface area is 108 Å². The topological polar surface area (TPSA) is 81.3 Å². The summed E-state index contributed by atoms with van der Waals surface area (Å²) in [5, 5.41) is 0. The highest BCUT2D eigenvalue weighted by atomic mass is 16.6. The van der Waals surface area contributed by atoms with Gasteiger partial charge in [-0.2, -0.15) is 0 Å². The summed E-state index contributed by atoms with van der Waals surface area (Å²) >= 11 is 0. The van der Waals surface area contributed by atoms with Crippen LogP contribution in [0.1, 0.15) is 33.5 Å². The highest BCUT2D eigenvalue weighted by Crippen LogP contribution is 2.19. The predicted molar refractivity (Wildman–Crippen MR) is 68.9 cm³/mol. The highest BCUT2D eigenvalue weighted by Gasteiger charge is 2.26. The number of ether oxygens (including phenoxy) is 1. The molecular weight excluding hydrogens is 232 g/mol. The zero-order valence-corrected chi connectivity index (χ0v) is 10.9. The van der Waals surface area contributed by atoms with Gasteiger partial charge in [0.15, 0.2) is 0 Å². The molecule has 0 saturated carbocycles. The Balaban J connectivity index is 0.00000180. The number of nitrogen functional groups attached to an aromatic ring is 1. The molecule has 1 amide bonds. The molecule has 1 aliphatic heterocycles. The standard InChI is InChI=1S/C12H18N4O2.H2/c1-12(2,3)18-11(17)16-5-4-8-6-14-10(13)15-9(8)7-16;/h6H,4-5,7H2,1-3H3,(H2,13,14,15);1H. The van der Waals surface area contributed by atoms with E-state index in [1.54, 1.807) is 11.1 Å². The van der Waals surface area contributed by atoms with Crippen LogP contribution in [-0.2, 0) is 17.7 Å². The van der Waals surface area contributed by atoms with Crippen molar-refractivity contribution in [2.45, 2.75) is 39.3 Å². The maximum atomic E-state index is 11.9. The number of nitrogens with zero attached hydrogens (tertiary/aromatic N) is 3. The molecule has 1 aliphatic rings. The van der Waals surface area contributed by atoms with Gasteiger partial charge in [0.25, 0.3) is 0 Å². The third-order valence-electron chi connectivity index (χ3n) is 2.62. The van der Waals surface area contributed by atoms with Gasteiger partial charge in [-0.25, -0.2) is 14.8 Å². The molecule has 0 aromatic carbocycles. The quantitative estimate of drug-likeness (QED) is 0.758. The van der Waals surface area contributed by atoms with Crippen LogP contribution in [0.15, 0.2) is 6.20 Å². The molecule has 0 radical (unpaired) electrons. The van der Waals surface area contributed by atoms with Gasteiger partial charge < -0.3 is 15.4 Å². The number of anilines is 1. The summed E-state index contributed by atoms with van der Waals surface area (Å²) in [7, 11) is 0. The predicted octanol–water partition coefficient (Wildman–Crippen LogP) is 1.60. The van der Waals surface area contributed by atoms with E-state index in [0.717, 1.165) is 17.7 Å². The van der Waals surface area contributed by atoms with Crippen molar-refractivity contribution in [3.05, 3.63) is 17.5 Å². The summed E-state index contributed by atoms with van der Waals surface area (Å²) < 4.78 is 5.33. The highest BCUT2D eigenvalue weighted by molar-refractivity contribution is 5.68. The van der Waals surface area contributed by atoms with E-state index in [9.17, 15) is 4.79 Å². The SMILES string of the molecule is CC(C)(C)OC(=O)N1CCc2cnc(N)nc2C1.[HH]. The number of fused-ring (bicyclic) bond motifs is 1. The van der Waals surface area contributed by atoms with Crippen molar-refractivity contribution in [2.24, 2.45) is 0 Å². The third-order valence-corrected chi connectivity index (χ3v) is 2.62. The fourth-order valence-corrected chi connectivity index (χ4v) is 1.80. The number of carbonyl (C=O) groups is 1. The Hall–Kier alpha value is -1.85. The van der Waals surface area contributed by atoms with Crippen LogP contribution in [0, 0.1) is 0 Å². The molecule has 0 spiro atoms. The second-order valence-electron chi connectivity index (χ2n) is 5.35. The van der Waals surface area contributed by atoms with Gasteiger partial charge in [0.05, 0.1) is 12.2 Å². The summed E-state index contributed by atoms with van der Waals surface area (Å²) in [5.74, 6) is 0.236. The zero-order valence-electron chi connectivity index (χ0n) is 10.9. The minimum absolute atomic E-state index is 0. The summed E-state index contributed by atoms with van der Waals surface area (Å²) in [4.78, 5) is 21.7. The van der Waals surface area contributed by atoms with Crippen LogP contribution in [-0.4, -0.2) is 33.1 Å². The third kappa shape index (κ3) is 2.88. The van der Waals surface area contributed by atoms with Gasteiger partial charge >= 0.3 is 6.09 Å². The Morgan fingerprint density at radius 2 is 2.28 bits per heavy atom. The van der Waals surface area contributed by atoms with E-state index in [0.29, 0.717) is 13.1 Å². The molecule has 2 heterocycles. The average Bonchev–Trinajstić information content (AvgIpc) is 2.25. The van der Waals surface area contributed by atoms with Gasteiger partial charge in [-0.1, -0.05) is 0 Å². The van der Waals surface area contributed by atoms with E-state index in [1.807, 2.05) is 20.8 Å². The molecule has 0 saturated heterocycles. The molecule has 2 rings (SSSR count). The fraction of sp³-hybridized carbons (Fsp3) is 0.583. The first-order valence-electron chi connectivity index (χ1n) is 5.93. The van der Waals surface area contributed by atoms with Gasteiger partial charge in [0, 0.05) is 14.2 Å². The molecule has 6 heteroatoms. The number of rotatable bonds is 0. The molecule has 18 heavy (non-hydrogen) atoms. The van der Waals surface area contributed by atoms with Gasteiger partial charge in [0.2, 0.25) is 5.95 Å². The van der Waals surface area contributed by atoms with Crippen LogP contribution < -0.4 is 5.73 Å². The van der Waals surface area contributed by atoms with E-state index < -0.39 is 5.60 Å². The number of hydrogen-bond acceptors (Lipinski definition) is 5. The minimum atomic E-state index is -0.484. The lowest BCUT2D eigenvalue weighted by Crippen LogP contribution is -2.40. The summed E-state index contributed by atoms with van der Waals surface area (Å²) in [6.45, 7) is 6.60. The summed E-state index contributed by atoms with van der Waals surface area (Å²) in [6.07, 6.45) is 2.14. The van der Waals surface area contributed by atoms with E-state index in [2.05, 4.69) is 9.97 Å². The largest absolute Gasteiger partial charge is 0.444 e. The number of aromatic nitrogens is 2. The van der Waals surface area contributed by atoms with Gasteiger partial charge in [0.1, 0.15) is 5.60 Å². The molecule has 0 aliphatic carbocycles. The van der Waals surface area contributed by atoms with E-state index >= 15 is 0 Å². The second kappa shape index (κ2) is 4.44. The monoisotopic (exact) mass is 252 g/mol. The smallest absolute Gasteiger partial charge is 0.410 e. The van der Waals surface area contributed by atoms with Crippen LogP contribution in [0.5, 0.6) is 0 Å². The zero-order chi connectivity index (χ0) is 13.3. The molecule has 1 aromatic heterocycles. The van der Waals surface area contributed by atoms with Crippen molar-refractivity contribution >= 4 is 12.0 Å². The Morgan fingerprint density at radius 3 is 2.94 bits per heavy atom. The average molecular weight is 252 g/mol. The van der Waals surface area contributed by atoms with Crippen molar-refractivity contribution in [1.29, 1.82) is 0 Å². The summed E-state index contributed by atoms with van der Waals surface area (Å²) in [5.41, 5.74) is 6.91. The van der Waals surface area contributed by atoms with E-state index in [-0.39, 0.29) is 13.5 Å². The first-order valence-corrected chi connectivity index (χ1v) is 5.93. The lowest BCUT2D eigenvalue weighted by molar-refractivity contribution is 0.0221. The molecule has 1 aromatic rings. The number of hydrogen-bond donors (Lipinski definition) is 1. The van der Waals surface area contributed by atoms with Crippen molar-refractivity contribution in [3.8, 4) is 0 Å². The van der Waals surface area contributed by atoms with Crippen molar-refractivity contribution < 1.29 is 11.0 Å². The van der Waals surface area contributed by atoms with Crippen molar-refractivity contribution in [2.75, 3.05) is 12.3 Å². The summed E-state index contributed by atoms with van der Waals surface area (Å²) in [6, 6.07) is 0. The maximum Gasteiger partial charge on any atom is 0.410 e. The van der Waals surface area contributed by atoms with Crippen LogP contribution in [0.3, 0.4) is 0 Å². The van der Waals surface area contributed by atoms with Gasteiger partial charge in [-0.05, 0) is 32.8 Å². The van der Waals surface area contributed by atoms with Gasteiger partial charge in [-0.3, -0.25) is 0 Å². The fourth-order valence-electron chi connectivity index (χ4n) is 1.80. The molecule has 100 valence electrons. The number of nitrogens with two attached hydrogens (primary N) is 1. The maximum absolute atomic E-state index is 11.9. The molecule has 0 fully saturated rings. The van der Waals surface area contributed by atoms with E-state index in [1.165, 1.54) is 0 Å². The normalized spacial score (nSPS) is 15.2. The molecule has 6 nitrogen and oxygen atoms in total. The van der Waals surface area contributed by atoms with Crippen LogP contribution in [0.2, 0.25) is 0 Å². The molecule has 2 N–H and O–H groups in total. The van der Waals surface area contributed by atoms with Crippen molar-refractivity contribution in [1.82, 2.24) is 14.9 Å². The first-order chi connectivity index (χ1) is 8.35. The van der Waals surface area contributed by atoms with Crippen LogP contribution >= 0.6 is 0 Å². The second-order valence-corrected chi connectivity index (χ2v) is 5.35. The Morgan fingerprint density at radius 1 is 1.56 bits per heavy atom. The number of amides is 1. The molecule has 0 bridgehead atoms. The van der Waals surface area contributed by atoms with E-state index in [4.69, 9.17) is 10.5 Å². The van der Waals surface area contributed by atoms with Crippen molar-refractivity contribution in [3.63, 3.8) is 0 Å². The minimum Gasteiger partial charge on any atom is -0.444 e. The molecular formula is C12H20N4O2. The first kappa shape index (κ1) is 12.6. The lowest BCUT2D eigenvalue weighted by atomic mass is 10.1. The Kier molecular flexibility index (Phi) is 3.11. The lowest BCUT2D eigenvalue weighted by Gasteiger charge is -2.30. The van der Waals surface area contributed by atoms with Gasteiger partial charge in [-0.15, -0.1) is 0 Å². The molecule has 0 unspecified atom stereocenters. The molecule has 0 atom stereocenters. The van der Waals surface area contributed by atoms with Crippen LogP contribution in [0.25, 0.3) is 0 Å². The van der Waals surface area contributed by atoms with Crippen LogP contribution in [0.4, 0.5) is 10.7 Å². The number of carbonyl (C=O) groups excluding carboxylic acids is 1. The Bertz CT molecular complexity index is 473.